The van der Waals surface area contributed by atoms with Crippen molar-refractivity contribution in [3.05, 3.63) is 66.2 Å². The van der Waals surface area contributed by atoms with Gasteiger partial charge in [0.05, 0.1) is 30.4 Å². The molecule has 10 heteroatoms. The van der Waals surface area contributed by atoms with Crippen LogP contribution in [-0.2, 0) is 15.8 Å². The van der Waals surface area contributed by atoms with Crippen molar-refractivity contribution in [1.29, 1.82) is 0 Å². The van der Waals surface area contributed by atoms with E-state index in [1.807, 2.05) is 0 Å². The van der Waals surface area contributed by atoms with Crippen LogP contribution in [0, 0.1) is 5.82 Å². The molecule has 160 valence electrons. The van der Waals surface area contributed by atoms with Gasteiger partial charge in [0.2, 0.25) is 10.0 Å². The van der Waals surface area contributed by atoms with Crippen molar-refractivity contribution in [3.63, 3.8) is 0 Å². The molecule has 7 nitrogen and oxygen atoms in total. The molecule has 3 aromatic rings. The number of aromatic nitrogens is 2. The minimum atomic E-state index is -3.68. The lowest BCUT2D eigenvalue weighted by Crippen LogP contribution is -2.35. The summed E-state index contributed by atoms with van der Waals surface area (Å²) >= 11 is 0. The average molecular weight is 453 g/mol. The summed E-state index contributed by atoms with van der Waals surface area (Å²) in [5.74, 6) is -0.559. The van der Waals surface area contributed by atoms with Crippen molar-refractivity contribution in [2.24, 2.45) is 0 Å². The number of nitrogens with two attached hydrogens (primary N) is 1. The summed E-state index contributed by atoms with van der Waals surface area (Å²) in [4.78, 5) is 8.00. The minimum absolute atomic E-state index is 0. The zero-order chi connectivity index (χ0) is 21.0. The van der Waals surface area contributed by atoms with E-state index in [9.17, 15) is 12.8 Å². The topological polar surface area (TPSA) is 118 Å². The zero-order valence-electron chi connectivity index (χ0n) is 16.1. The molecule has 0 fully saturated rings. The third-order valence-corrected chi connectivity index (χ3v) is 5.70. The Morgan fingerprint density at radius 2 is 1.87 bits per heavy atom. The fourth-order valence-corrected chi connectivity index (χ4v) is 4.32. The second-order valence-corrected chi connectivity index (χ2v) is 8.39. The number of hydrogen-bond donors (Lipinski definition) is 3. The average Bonchev–Trinajstić information content (AvgIpc) is 2.68. The standard InChI is InChI=1S/C20H21FN4O3S.ClH/c1-13(11-26)25-29(27,28)12-15-4-2-3-5-16(15)14-6-7-17(18(21)8-14)19-9-24-20(22)10-23-19;/h2-10,13,25-26H,11-12H2,1H3,(H2,22,24);1H/t13-;/m1./s1. The van der Waals surface area contributed by atoms with Crippen LogP contribution in [0.4, 0.5) is 10.2 Å². The fourth-order valence-electron chi connectivity index (χ4n) is 2.89. The van der Waals surface area contributed by atoms with Gasteiger partial charge < -0.3 is 10.8 Å². The van der Waals surface area contributed by atoms with Crippen LogP contribution < -0.4 is 10.5 Å². The van der Waals surface area contributed by atoms with Crippen molar-refractivity contribution in [3.8, 4) is 22.4 Å². The number of rotatable bonds is 7. The van der Waals surface area contributed by atoms with Gasteiger partial charge in [0, 0.05) is 11.6 Å². The van der Waals surface area contributed by atoms with Gasteiger partial charge in [-0.25, -0.2) is 22.5 Å². The summed E-state index contributed by atoms with van der Waals surface area (Å²) in [6, 6.07) is 10.9. The SMILES string of the molecule is C[C@H](CO)NS(=O)(=O)Cc1ccccc1-c1ccc(-c2cnc(N)cn2)c(F)c1.Cl. The molecule has 0 aliphatic heterocycles. The first kappa shape index (κ1) is 23.7. The Bertz CT molecular complexity index is 1110. The van der Waals surface area contributed by atoms with Gasteiger partial charge in [-0.15, -0.1) is 12.4 Å². The number of nitrogen functional groups attached to an aromatic ring is 1. The van der Waals surface area contributed by atoms with Gasteiger partial charge in [-0.3, -0.25) is 4.98 Å². The number of aliphatic hydroxyl groups excluding tert-OH is 1. The van der Waals surface area contributed by atoms with E-state index in [2.05, 4.69) is 14.7 Å². The van der Waals surface area contributed by atoms with Crippen LogP contribution in [-0.4, -0.2) is 36.1 Å². The van der Waals surface area contributed by atoms with E-state index in [0.29, 0.717) is 22.4 Å². The first-order chi connectivity index (χ1) is 13.8. The lowest BCUT2D eigenvalue weighted by molar-refractivity contribution is 0.265. The summed E-state index contributed by atoms with van der Waals surface area (Å²) < 4.78 is 41.9. The van der Waals surface area contributed by atoms with Crippen molar-refractivity contribution >= 4 is 28.2 Å². The van der Waals surface area contributed by atoms with Crippen LogP contribution in [0.2, 0.25) is 0 Å². The zero-order valence-corrected chi connectivity index (χ0v) is 17.8. The van der Waals surface area contributed by atoms with Crippen LogP contribution in [0.25, 0.3) is 22.4 Å². The Kier molecular flexibility index (Phi) is 7.85. The first-order valence-corrected chi connectivity index (χ1v) is 10.5. The molecule has 0 saturated heterocycles. The molecule has 0 aliphatic carbocycles. The number of hydrogen-bond acceptors (Lipinski definition) is 6. The third kappa shape index (κ3) is 5.73. The molecule has 1 heterocycles. The number of benzene rings is 2. The molecule has 3 rings (SSSR count). The molecule has 1 aromatic heterocycles. The van der Waals surface area contributed by atoms with E-state index >= 15 is 0 Å². The van der Waals surface area contributed by atoms with Crippen LogP contribution >= 0.6 is 12.4 Å². The molecular weight excluding hydrogens is 431 g/mol. The summed E-state index contributed by atoms with van der Waals surface area (Å²) in [6.45, 7) is 1.26. The molecule has 0 amide bonds. The summed E-state index contributed by atoms with van der Waals surface area (Å²) in [7, 11) is -3.68. The largest absolute Gasteiger partial charge is 0.395 e. The highest BCUT2D eigenvalue weighted by Gasteiger charge is 2.18. The Balaban J connectivity index is 0.00000320. The maximum atomic E-state index is 14.8. The Hall–Kier alpha value is -2.59. The first-order valence-electron chi connectivity index (χ1n) is 8.85. The molecule has 0 unspecified atom stereocenters. The Morgan fingerprint density at radius 3 is 2.50 bits per heavy atom. The minimum Gasteiger partial charge on any atom is -0.395 e. The van der Waals surface area contributed by atoms with Crippen molar-refractivity contribution in [2.45, 2.75) is 18.7 Å². The molecule has 1 atom stereocenters. The van der Waals surface area contributed by atoms with E-state index in [1.54, 1.807) is 43.3 Å². The number of halogens is 2. The van der Waals surface area contributed by atoms with E-state index in [0.717, 1.165) is 0 Å². The van der Waals surface area contributed by atoms with E-state index < -0.39 is 21.9 Å². The molecule has 30 heavy (non-hydrogen) atoms. The van der Waals surface area contributed by atoms with Crippen molar-refractivity contribution in [2.75, 3.05) is 12.3 Å². The second kappa shape index (κ2) is 9.94. The summed E-state index contributed by atoms with van der Waals surface area (Å²) in [5, 5.41) is 9.08. The number of sulfonamides is 1. The van der Waals surface area contributed by atoms with Gasteiger partial charge >= 0.3 is 0 Å². The van der Waals surface area contributed by atoms with Gasteiger partial charge in [-0.2, -0.15) is 0 Å². The van der Waals surface area contributed by atoms with Gasteiger partial charge in [-0.1, -0.05) is 30.3 Å². The number of nitrogens with zero attached hydrogens (tertiary/aromatic N) is 2. The Morgan fingerprint density at radius 1 is 1.13 bits per heavy atom. The molecule has 0 radical (unpaired) electrons. The summed E-state index contributed by atoms with van der Waals surface area (Å²) in [6.07, 6.45) is 2.74. The molecular formula is C20H22ClFN4O3S. The molecule has 0 aliphatic rings. The highest BCUT2D eigenvalue weighted by molar-refractivity contribution is 7.88. The van der Waals surface area contributed by atoms with Crippen LogP contribution in [0.5, 0.6) is 0 Å². The fraction of sp³-hybridized carbons (Fsp3) is 0.200. The predicted octanol–water partition coefficient (Wildman–Crippen LogP) is 2.75. The predicted molar refractivity (Wildman–Crippen MR) is 117 cm³/mol. The number of nitrogens with one attached hydrogen (secondary N) is 1. The lowest BCUT2D eigenvalue weighted by Gasteiger charge is -2.14. The maximum Gasteiger partial charge on any atom is 0.216 e. The van der Waals surface area contributed by atoms with E-state index in [1.165, 1.54) is 18.5 Å². The number of aliphatic hydroxyl groups is 1. The smallest absolute Gasteiger partial charge is 0.216 e. The van der Waals surface area contributed by atoms with Gasteiger partial charge in [-0.05, 0) is 35.7 Å². The maximum absolute atomic E-state index is 14.8. The lowest BCUT2D eigenvalue weighted by atomic mass is 9.98. The second-order valence-electron chi connectivity index (χ2n) is 6.64. The molecule has 0 bridgehead atoms. The van der Waals surface area contributed by atoms with E-state index in [-0.39, 0.29) is 36.1 Å². The molecule has 0 spiro atoms. The van der Waals surface area contributed by atoms with Crippen LogP contribution in [0.1, 0.15) is 12.5 Å². The highest BCUT2D eigenvalue weighted by atomic mass is 35.5. The molecule has 4 N–H and O–H groups in total. The van der Waals surface area contributed by atoms with Crippen LogP contribution in [0.15, 0.2) is 54.9 Å². The monoisotopic (exact) mass is 452 g/mol. The third-order valence-electron chi connectivity index (χ3n) is 4.25. The Labute approximate surface area is 180 Å². The molecule has 0 saturated carbocycles. The number of anilines is 1. The van der Waals surface area contributed by atoms with Crippen molar-refractivity contribution in [1.82, 2.24) is 14.7 Å². The summed E-state index contributed by atoms with van der Waals surface area (Å²) in [5.41, 5.74) is 7.79. The van der Waals surface area contributed by atoms with Gasteiger partial charge in [0.25, 0.3) is 0 Å². The van der Waals surface area contributed by atoms with Gasteiger partial charge in [0.1, 0.15) is 11.6 Å². The molecule has 2 aromatic carbocycles. The quantitative estimate of drug-likeness (QED) is 0.507. The normalized spacial score (nSPS) is 12.2. The van der Waals surface area contributed by atoms with Crippen molar-refractivity contribution < 1.29 is 17.9 Å². The highest BCUT2D eigenvalue weighted by Crippen LogP contribution is 2.29. The van der Waals surface area contributed by atoms with Gasteiger partial charge in [0.15, 0.2) is 0 Å². The van der Waals surface area contributed by atoms with E-state index in [4.69, 9.17) is 10.8 Å². The van der Waals surface area contributed by atoms with Crippen LogP contribution in [0.3, 0.4) is 0 Å².